The summed E-state index contributed by atoms with van der Waals surface area (Å²) >= 11 is 6.86. The van der Waals surface area contributed by atoms with Gasteiger partial charge in [-0.05, 0) is 55.9 Å². The predicted molar refractivity (Wildman–Crippen MR) is 117 cm³/mol. The molecule has 1 aromatic rings. The number of hydrogen-bond donors (Lipinski definition) is 1. The van der Waals surface area contributed by atoms with E-state index in [9.17, 15) is 9.59 Å². The maximum Gasteiger partial charge on any atom is 0.242 e. The Balaban J connectivity index is 1.11. The van der Waals surface area contributed by atoms with Gasteiger partial charge in [0, 0.05) is 37.6 Å². The van der Waals surface area contributed by atoms with Gasteiger partial charge in [-0.2, -0.15) is 0 Å². The molecule has 1 heterocycles. The van der Waals surface area contributed by atoms with E-state index < -0.39 is 0 Å². The number of nitrogens with zero attached hydrogens (tertiary/aromatic N) is 2. The Morgan fingerprint density at radius 1 is 1.00 bits per heavy atom. The third kappa shape index (κ3) is 3.99. The summed E-state index contributed by atoms with van der Waals surface area (Å²) in [5.74, 6) is 1.27. The maximum atomic E-state index is 13.1. The highest BCUT2D eigenvalue weighted by Gasteiger charge is 2.60. The van der Waals surface area contributed by atoms with Crippen molar-refractivity contribution in [2.75, 3.05) is 32.7 Å². The Morgan fingerprint density at radius 2 is 1.67 bits per heavy atom. The Labute approximate surface area is 184 Å². The van der Waals surface area contributed by atoms with Crippen molar-refractivity contribution in [2.24, 2.45) is 17.3 Å². The molecule has 5 aliphatic rings. The normalized spacial score (nSPS) is 35.4. The molecule has 1 aromatic carbocycles. The maximum absolute atomic E-state index is 13.1. The summed E-state index contributed by atoms with van der Waals surface area (Å²) in [4.78, 5) is 30.0. The molecule has 6 rings (SSSR count). The molecule has 4 aliphatic carbocycles. The lowest BCUT2D eigenvalue weighted by Crippen LogP contribution is -2.59. The van der Waals surface area contributed by atoms with E-state index in [2.05, 4.69) is 34.5 Å². The summed E-state index contributed by atoms with van der Waals surface area (Å²) in [6.45, 7) is 4.23. The minimum absolute atomic E-state index is 0.0352. The molecular formula is C24H32ClN3O2. The smallest absolute Gasteiger partial charge is 0.242 e. The van der Waals surface area contributed by atoms with Crippen LogP contribution in [0, 0.1) is 17.3 Å². The van der Waals surface area contributed by atoms with Gasteiger partial charge >= 0.3 is 0 Å². The second-order valence-corrected chi connectivity index (χ2v) is 11.0. The highest BCUT2D eigenvalue weighted by molar-refractivity contribution is 6.24. The van der Waals surface area contributed by atoms with Crippen LogP contribution in [-0.2, 0) is 16.1 Å². The number of halogens is 1. The quantitative estimate of drug-likeness (QED) is 0.732. The van der Waals surface area contributed by atoms with Crippen LogP contribution in [0.5, 0.6) is 0 Å². The van der Waals surface area contributed by atoms with Gasteiger partial charge < -0.3 is 10.2 Å². The zero-order valence-corrected chi connectivity index (χ0v) is 18.4. The monoisotopic (exact) mass is 429 g/mol. The molecule has 4 bridgehead atoms. The van der Waals surface area contributed by atoms with E-state index in [-0.39, 0.29) is 28.6 Å². The fourth-order valence-corrected chi connectivity index (χ4v) is 7.56. The van der Waals surface area contributed by atoms with Crippen molar-refractivity contribution >= 4 is 23.4 Å². The van der Waals surface area contributed by atoms with E-state index in [1.54, 1.807) is 0 Å². The summed E-state index contributed by atoms with van der Waals surface area (Å²) in [6, 6.07) is 10.4. The fourth-order valence-electron chi connectivity index (χ4n) is 6.87. The van der Waals surface area contributed by atoms with Crippen LogP contribution < -0.4 is 5.32 Å². The third-order valence-electron chi connectivity index (χ3n) is 7.85. The van der Waals surface area contributed by atoms with E-state index in [1.165, 1.54) is 12.0 Å². The van der Waals surface area contributed by atoms with Crippen LogP contribution in [0.15, 0.2) is 30.3 Å². The molecule has 0 radical (unpaired) electrons. The summed E-state index contributed by atoms with van der Waals surface area (Å²) in [5.41, 5.74) is 0.970. The van der Waals surface area contributed by atoms with E-state index in [1.807, 2.05) is 11.0 Å². The summed E-state index contributed by atoms with van der Waals surface area (Å²) < 4.78 is 0. The first-order valence-electron chi connectivity index (χ1n) is 11.4. The summed E-state index contributed by atoms with van der Waals surface area (Å²) in [7, 11) is 0. The summed E-state index contributed by atoms with van der Waals surface area (Å²) in [6.07, 6.45) is 6.05. The number of alkyl halides is 1. The number of carbonyl (C=O) groups is 2. The van der Waals surface area contributed by atoms with Crippen LogP contribution in [0.2, 0.25) is 0 Å². The standard InChI is InChI=1S/C24H32ClN3O2/c25-24-13-19-10-20(14-24)12-23(11-19,17-24)22(30)26-15-21(29)28-8-6-27(7-9-28)16-18-4-2-1-3-5-18/h1-5,19-20H,6-17H2,(H,26,30)/t19-,20+,23?,24?. The Hall–Kier alpha value is -1.59. The number of piperazine rings is 1. The lowest BCUT2D eigenvalue weighted by atomic mass is 9.49. The average Bonchev–Trinajstić information content (AvgIpc) is 2.71. The molecule has 30 heavy (non-hydrogen) atoms. The van der Waals surface area contributed by atoms with Gasteiger partial charge in [-0.15, -0.1) is 11.6 Å². The van der Waals surface area contributed by atoms with Crippen molar-refractivity contribution in [1.29, 1.82) is 0 Å². The molecule has 6 heteroatoms. The molecule has 4 saturated carbocycles. The number of benzene rings is 1. The first kappa shape index (κ1) is 20.3. The van der Waals surface area contributed by atoms with Crippen LogP contribution in [0.3, 0.4) is 0 Å². The van der Waals surface area contributed by atoms with Gasteiger partial charge in [0.25, 0.3) is 0 Å². The number of hydrogen-bond acceptors (Lipinski definition) is 3. The Morgan fingerprint density at radius 3 is 2.30 bits per heavy atom. The average molecular weight is 430 g/mol. The first-order valence-corrected chi connectivity index (χ1v) is 11.8. The van der Waals surface area contributed by atoms with Crippen molar-refractivity contribution in [3.05, 3.63) is 35.9 Å². The van der Waals surface area contributed by atoms with Crippen LogP contribution in [-0.4, -0.2) is 59.2 Å². The SMILES string of the molecule is O=C(CNC(=O)C12C[C@@H]3C[C@@H](CC(Cl)(C3)C1)C2)N1CCN(Cc2ccccc2)CC1. The van der Waals surface area contributed by atoms with E-state index in [0.717, 1.165) is 64.8 Å². The predicted octanol–water partition coefficient (Wildman–Crippen LogP) is 3.02. The minimum atomic E-state index is -0.333. The Bertz CT molecular complexity index is 792. The lowest BCUT2D eigenvalue weighted by molar-refractivity contribution is -0.146. The molecule has 1 N–H and O–H groups in total. The van der Waals surface area contributed by atoms with Crippen LogP contribution in [0.25, 0.3) is 0 Å². The zero-order valence-electron chi connectivity index (χ0n) is 17.6. The first-order chi connectivity index (χ1) is 14.4. The number of rotatable bonds is 5. The minimum Gasteiger partial charge on any atom is -0.347 e. The zero-order chi connectivity index (χ0) is 20.8. The van der Waals surface area contributed by atoms with Gasteiger partial charge in [0.2, 0.25) is 11.8 Å². The van der Waals surface area contributed by atoms with Gasteiger partial charge in [0.15, 0.2) is 0 Å². The molecule has 0 aromatic heterocycles. The van der Waals surface area contributed by atoms with Gasteiger partial charge in [0.1, 0.15) is 0 Å². The van der Waals surface area contributed by atoms with E-state index >= 15 is 0 Å². The molecule has 1 aliphatic heterocycles. The van der Waals surface area contributed by atoms with Crippen molar-refractivity contribution < 1.29 is 9.59 Å². The van der Waals surface area contributed by atoms with Crippen molar-refractivity contribution in [2.45, 2.75) is 49.9 Å². The highest BCUT2D eigenvalue weighted by Crippen LogP contribution is 2.63. The van der Waals surface area contributed by atoms with E-state index in [4.69, 9.17) is 11.6 Å². The third-order valence-corrected chi connectivity index (χ3v) is 8.29. The molecule has 4 atom stereocenters. The molecule has 162 valence electrons. The molecule has 2 amide bonds. The largest absolute Gasteiger partial charge is 0.347 e. The molecule has 0 spiro atoms. The topological polar surface area (TPSA) is 52.7 Å². The molecule has 2 unspecified atom stereocenters. The van der Waals surface area contributed by atoms with Crippen LogP contribution in [0.1, 0.15) is 44.1 Å². The van der Waals surface area contributed by atoms with Crippen LogP contribution in [0.4, 0.5) is 0 Å². The number of amides is 2. The van der Waals surface area contributed by atoms with E-state index in [0.29, 0.717) is 11.8 Å². The summed E-state index contributed by atoms with van der Waals surface area (Å²) in [5, 5.41) is 3.00. The molecule has 1 saturated heterocycles. The second kappa shape index (κ2) is 7.83. The number of carbonyl (C=O) groups excluding carboxylic acids is 2. The van der Waals surface area contributed by atoms with Gasteiger partial charge in [-0.1, -0.05) is 30.3 Å². The van der Waals surface area contributed by atoms with Gasteiger partial charge in [-0.3, -0.25) is 14.5 Å². The second-order valence-electron chi connectivity index (χ2n) is 10.2. The molecule has 5 fully saturated rings. The molecular weight excluding hydrogens is 398 g/mol. The lowest BCUT2D eigenvalue weighted by Gasteiger charge is -2.59. The highest BCUT2D eigenvalue weighted by atomic mass is 35.5. The van der Waals surface area contributed by atoms with Crippen LogP contribution >= 0.6 is 11.6 Å². The number of nitrogens with one attached hydrogen (secondary N) is 1. The Kier molecular flexibility index (Phi) is 5.30. The molecule has 5 nitrogen and oxygen atoms in total. The fraction of sp³-hybridized carbons (Fsp3) is 0.667. The van der Waals surface area contributed by atoms with Crippen molar-refractivity contribution in [3.8, 4) is 0 Å². The van der Waals surface area contributed by atoms with Gasteiger partial charge in [0.05, 0.1) is 12.0 Å². The van der Waals surface area contributed by atoms with Gasteiger partial charge in [-0.25, -0.2) is 0 Å². The van der Waals surface area contributed by atoms with Crippen molar-refractivity contribution in [3.63, 3.8) is 0 Å². The van der Waals surface area contributed by atoms with Crippen molar-refractivity contribution in [1.82, 2.24) is 15.1 Å².